The quantitative estimate of drug-likeness (QED) is 0.803. The highest BCUT2D eigenvalue weighted by Crippen LogP contribution is 2.26. The summed E-state index contributed by atoms with van der Waals surface area (Å²) >= 11 is 0. The first-order chi connectivity index (χ1) is 11.7. The average Bonchev–Trinajstić information content (AvgIpc) is 2.61. The highest BCUT2D eigenvalue weighted by molar-refractivity contribution is 5.91. The second-order valence-corrected chi connectivity index (χ2v) is 5.42. The van der Waals surface area contributed by atoms with Gasteiger partial charge in [0, 0.05) is 13.6 Å². The molecule has 1 N–H and O–H groups in total. The zero-order chi connectivity index (χ0) is 17.4. The van der Waals surface area contributed by atoms with Crippen LogP contribution in [0.15, 0.2) is 36.7 Å². The molecule has 1 heterocycles. The number of nitrogens with one attached hydrogen (secondary N) is 1. The van der Waals surface area contributed by atoms with E-state index in [9.17, 15) is 4.79 Å². The van der Waals surface area contributed by atoms with Gasteiger partial charge in [-0.25, -0.2) is 9.97 Å². The first-order valence-corrected chi connectivity index (χ1v) is 8.22. The van der Waals surface area contributed by atoms with Crippen LogP contribution in [0.1, 0.15) is 37.2 Å². The molecule has 128 valence electrons. The van der Waals surface area contributed by atoms with Crippen molar-refractivity contribution >= 4 is 17.4 Å². The summed E-state index contributed by atoms with van der Waals surface area (Å²) in [7, 11) is 1.78. The van der Waals surface area contributed by atoms with Crippen molar-refractivity contribution in [1.29, 1.82) is 0 Å². The van der Waals surface area contributed by atoms with E-state index in [0.29, 0.717) is 18.1 Å². The number of hydrogen-bond acceptors (Lipinski definition) is 5. The standard InChI is InChI=1S/C18H24N4O2/c1-4-6-11-22(3)18(23)15-12-20-17(13-19-15)21-14-9-7-8-10-16(14)24-5-2/h7-10,12-13H,4-6,11H2,1-3H3,(H,20,21). The van der Waals surface area contributed by atoms with Crippen molar-refractivity contribution in [3.8, 4) is 5.75 Å². The Hall–Kier alpha value is -2.63. The van der Waals surface area contributed by atoms with Crippen LogP contribution in [-0.4, -0.2) is 41.0 Å². The molecule has 0 saturated carbocycles. The Balaban J connectivity index is 2.06. The fraction of sp³-hybridized carbons (Fsp3) is 0.389. The molecule has 0 fully saturated rings. The molecule has 0 radical (unpaired) electrons. The van der Waals surface area contributed by atoms with Crippen LogP contribution < -0.4 is 10.1 Å². The molecule has 6 heteroatoms. The first kappa shape index (κ1) is 17.7. The predicted octanol–water partition coefficient (Wildman–Crippen LogP) is 3.49. The van der Waals surface area contributed by atoms with Gasteiger partial charge in [-0.05, 0) is 25.5 Å². The minimum Gasteiger partial charge on any atom is -0.492 e. The van der Waals surface area contributed by atoms with Crippen molar-refractivity contribution in [1.82, 2.24) is 14.9 Å². The molecular weight excluding hydrogens is 304 g/mol. The Morgan fingerprint density at radius 3 is 2.67 bits per heavy atom. The van der Waals surface area contributed by atoms with Gasteiger partial charge in [0.1, 0.15) is 17.3 Å². The van der Waals surface area contributed by atoms with E-state index in [1.54, 1.807) is 18.1 Å². The van der Waals surface area contributed by atoms with E-state index in [2.05, 4.69) is 22.2 Å². The monoisotopic (exact) mass is 328 g/mol. The number of nitrogens with zero attached hydrogens (tertiary/aromatic N) is 3. The Kier molecular flexibility index (Phi) is 6.54. The van der Waals surface area contributed by atoms with Gasteiger partial charge in [-0.15, -0.1) is 0 Å². The summed E-state index contributed by atoms with van der Waals surface area (Å²) in [5.41, 5.74) is 1.16. The molecule has 0 unspecified atom stereocenters. The lowest BCUT2D eigenvalue weighted by Gasteiger charge is -2.16. The van der Waals surface area contributed by atoms with E-state index in [4.69, 9.17) is 4.74 Å². The molecule has 2 rings (SSSR count). The molecule has 1 aromatic heterocycles. The third-order valence-electron chi connectivity index (χ3n) is 3.51. The number of rotatable bonds is 8. The van der Waals surface area contributed by atoms with Crippen LogP contribution in [0, 0.1) is 0 Å². The molecule has 2 aromatic rings. The maximum absolute atomic E-state index is 12.2. The van der Waals surface area contributed by atoms with Crippen LogP contribution in [0.4, 0.5) is 11.5 Å². The molecule has 1 aromatic carbocycles. The van der Waals surface area contributed by atoms with E-state index in [1.165, 1.54) is 6.20 Å². The zero-order valence-electron chi connectivity index (χ0n) is 14.5. The fourth-order valence-electron chi connectivity index (χ4n) is 2.18. The molecule has 0 bridgehead atoms. The lowest BCUT2D eigenvalue weighted by molar-refractivity contribution is 0.0787. The Morgan fingerprint density at radius 2 is 2.00 bits per heavy atom. The summed E-state index contributed by atoms with van der Waals surface area (Å²) in [6.07, 6.45) is 5.08. The fourth-order valence-corrected chi connectivity index (χ4v) is 2.18. The maximum Gasteiger partial charge on any atom is 0.273 e. The number of ether oxygens (including phenoxy) is 1. The van der Waals surface area contributed by atoms with Gasteiger partial charge in [0.2, 0.25) is 0 Å². The molecule has 1 amide bonds. The van der Waals surface area contributed by atoms with Crippen molar-refractivity contribution in [2.24, 2.45) is 0 Å². The van der Waals surface area contributed by atoms with Crippen molar-refractivity contribution in [3.63, 3.8) is 0 Å². The Morgan fingerprint density at radius 1 is 1.21 bits per heavy atom. The zero-order valence-corrected chi connectivity index (χ0v) is 14.5. The highest BCUT2D eigenvalue weighted by atomic mass is 16.5. The molecule has 0 aliphatic rings. The summed E-state index contributed by atoms with van der Waals surface area (Å²) in [5.74, 6) is 1.20. The summed E-state index contributed by atoms with van der Waals surface area (Å²) in [6, 6.07) is 7.62. The van der Waals surface area contributed by atoms with Gasteiger partial charge >= 0.3 is 0 Å². The molecule has 0 atom stereocenters. The Bertz CT molecular complexity index is 658. The van der Waals surface area contributed by atoms with Gasteiger partial charge in [0.15, 0.2) is 0 Å². The van der Waals surface area contributed by atoms with Crippen LogP contribution in [0.3, 0.4) is 0 Å². The van der Waals surface area contributed by atoms with E-state index in [0.717, 1.165) is 30.8 Å². The van der Waals surface area contributed by atoms with Crippen molar-refractivity contribution in [2.45, 2.75) is 26.7 Å². The van der Waals surface area contributed by atoms with Crippen LogP contribution in [-0.2, 0) is 0 Å². The molecule has 24 heavy (non-hydrogen) atoms. The molecule has 0 aliphatic carbocycles. The minimum absolute atomic E-state index is 0.114. The van der Waals surface area contributed by atoms with Gasteiger partial charge in [-0.1, -0.05) is 25.5 Å². The smallest absolute Gasteiger partial charge is 0.273 e. The lowest BCUT2D eigenvalue weighted by atomic mass is 10.3. The topological polar surface area (TPSA) is 67.4 Å². The lowest BCUT2D eigenvalue weighted by Crippen LogP contribution is -2.28. The summed E-state index contributed by atoms with van der Waals surface area (Å²) in [4.78, 5) is 22.4. The summed E-state index contributed by atoms with van der Waals surface area (Å²) < 4.78 is 5.57. The van der Waals surface area contributed by atoms with E-state index >= 15 is 0 Å². The average molecular weight is 328 g/mol. The molecule has 0 saturated heterocycles. The predicted molar refractivity (Wildman–Crippen MR) is 94.8 cm³/mol. The van der Waals surface area contributed by atoms with Gasteiger partial charge in [-0.2, -0.15) is 0 Å². The second kappa shape index (κ2) is 8.86. The van der Waals surface area contributed by atoms with Crippen molar-refractivity contribution < 1.29 is 9.53 Å². The molecule has 6 nitrogen and oxygen atoms in total. The third-order valence-corrected chi connectivity index (χ3v) is 3.51. The van der Waals surface area contributed by atoms with Crippen LogP contribution in [0.25, 0.3) is 0 Å². The van der Waals surface area contributed by atoms with Crippen LogP contribution >= 0.6 is 0 Å². The van der Waals surface area contributed by atoms with Gasteiger partial charge in [-0.3, -0.25) is 4.79 Å². The number of amides is 1. The van der Waals surface area contributed by atoms with Crippen molar-refractivity contribution in [3.05, 3.63) is 42.4 Å². The van der Waals surface area contributed by atoms with Crippen LogP contribution in [0.5, 0.6) is 5.75 Å². The number of carbonyl (C=O) groups is 1. The highest BCUT2D eigenvalue weighted by Gasteiger charge is 2.13. The number of anilines is 2. The SMILES string of the molecule is CCCCN(C)C(=O)c1cnc(Nc2ccccc2OCC)cn1. The number of carbonyl (C=O) groups excluding carboxylic acids is 1. The summed E-state index contributed by atoms with van der Waals surface area (Å²) in [6.45, 7) is 5.34. The number of unbranched alkanes of at least 4 members (excludes halogenated alkanes) is 1. The van der Waals surface area contributed by atoms with Crippen LogP contribution in [0.2, 0.25) is 0 Å². The van der Waals surface area contributed by atoms with Gasteiger partial charge < -0.3 is 15.0 Å². The normalized spacial score (nSPS) is 10.3. The Labute approximate surface area is 142 Å². The number of para-hydroxylation sites is 2. The summed E-state index contributed by atoms with van der Waals surface area (Å²) in [5, 5.41) is 3.16. The number of hydrogen-bond donors (Lipinski definition) is 1. The molecular formula is C18H24N4O2. The van der Waals surface area contributed by atoms with E-state index < -0.39 is 0 Å². The second-order valence-electron chi connectivity index (χ2n) is 5.42. The maximum atomic E-state index is 12.2. The number of aromatic nitrogens is 2. The first-order valence-electron chi connectivity index (χ1n) is 8.22. The molecule has 0 spiro atoms. The van der Waals surface area contributed by atoms with Gasteiger partial charge in [0.25, 0.3) is 5.91 Å². The molecule has 0 aliphatic heterocycles. The van der Waals surface area contributed by atoms with E-state index in [1.807, 2.05) is 31.2 Å². The number of benzene rings is 1. The third kappa shape index (κ3) is 4.68. The largest absolute Gasteiger partial charge is 0.492 e. The van der Waals surface area contributed by atoms with Gasteiger partial charge in [0.05, 0.1) is 24.7 Å². The minimum atomic E-state index is -0.114. The van der Waals surface area contributed by atoms with Crippen molar-refractivity contribution in [2.75, 3.05) is 25.5 Å². The van der Waals surface area contributed by atoms with E-state index in [-0.39, 0.29) is 5.91 Å².